The van der Waals surface area contributed by atoms with Gasteiger partial charge < -0.3 is 19.7 Å². The van der Waals surface area contributed by atoms with E-state index in [-0.39, 0.29) is 12.4 Å². The fourth-order valence-electron chi connectivity index (χ4n) is 2.76. The zero-order chi connectivity index (χ0) is 20.5. The van der Waals surface area contributed by atoms with Gasteiger partial charge in [0.25, 0.3) is 0 Å². The molecule has 0 radical (unpaired) electrons. The molecule has 0 unspecified atom stereocenters. The second kappa shape index (κ2) is 10.2. The fraction of sp³-hybridized carbons (Fsp3) is 0.167. The number of benzene rings is 3. The van der Waals surface area contributed by atoms with Crippen molar-refractivity contribution < 1.29 is 18.7 Å². The Kier molecular flexibility index (Phi) is 7.11. The number of carbonyl (C=O) groups excluding carboxylic acids is 1. The van der Waals surface area contributed by atoms with Crippen LogP contribution in [-0.2, 0) is 17.8 Å². The van der Waals surface area contributed by atoms with Crippen molar-refractivity contribution in [2.45, 2.75) is 19.4 Å². The van der Waals surface area contributed by atoms with Gasteiger partial charge in [-0.3, -0.25) is 0 Å². The van der Waals surface area contributed by atoms with Gasteiger partial charge in [-0.05, 0) is 41.3 Å². The van der Waals surface area contributed by atoms with Crippen molar-refractivity contribution in [2.75, 3.05) is 6.61 Å². The zero-order valence-corrected chi connectivity index (χ0v) is 15.9. The Hall–Kier alpha value is -3.47. The number of hydrogen-bond donors (Lipinski definition) is 1. The molecule has 0 aliphatic rings. The third kappa shape index (κ3) is 6.01. The van der Waals surface area contributed by atoms with Crippen molar-refractivity contribution in [3.63, 3.8) is 0 Å². The maximum absolute atomic E-state index is 14.0. The number of halogens is 1. The van der Waals surface area contributed by atoms with Gasteiger partial charge in [-0.15, -0.1) is 0 Å². The summed E-state index contributed by atoms with van der Waals surface area (Å²) >= 11 is 0. The summed E-state index contributed by atoms with van der Waals surface area (Å²) in [5.41, 5.74) is 2.67. The third-order valence-electron chi connectivity index (χ3n) is 4.39. The average molecular weight is 391 g/mol. The van der Waals surface area contributed by atoms with E-state index in [2.05, 4.69) is 0 Å². The summed E-state index contributed by atoms with van der Waals surface area (Å²) in [5, 5.41) is 8.06. The van der Waals surface area contributed by atoms with Crippen molar-refractivity contribution in [2.24, 2.45) is 0 Å². The van der Waals surface area contributed by atoms with Crippen LogP contribution in [0.2, 0.25) is 0 Å². The van der Waals surface area contributed by atoms with Gasteiger partial charge in [0.1, 0.15) is 36.8 Å². The standard InChI is InChI=1S/C24H22FNO3/c25-23-15-22(13-10-19(23)7-4-14-27)28-16-18-8-11-21(12-9-18)29-17-24(26)20-5-2-1-3-6-20/h1-3,5-6,8-15,26H,4,7,16-17H2. The van der Waals surface area contributed by atoms with Crippen LogP contribution >= 0.6 is 0 Å². The normalized spacial score (nSPS) is 10.4. The number of aryl methyl sites for hydroxylation is 1. The highest BCUT2D eigenvalue weighted by molar-refractivity contribution is 5.99. The second-order valence-electron chi connectivity index (χ2n) is 6.52. The summed E-state index contributed by atoms with van der Waals surface area (Å²) in [7, 11) is 0. The number of hydrogen-bond acceptors (Lipinski definition) is 4. The van der Waals surface area contributed by atoms with Crippen molar-refractivity contribution in [3.8, 4) is 11.5 Å². The molecule has 0 aromatic heterocycles. The molecule has 4 nitrogen and oxygen atoms in total. The molecule has 0 spiro atoms. The van der Waals surface area contributed by atoms with E-state index < -0.39 is 0 Å². The maximum atomic E-state index is 14.0. The largest absolute Gasteiger partial charge is 0.489 e. The molecule has 0 bridgehead atoms. The van der Waals surface area contributed by atoms with Gasteiger partial charge in [0.05, 0.1) is 5.71 Å². The molecule has 5 heteroatoms. The van der Waals surface area contributed by atoms with Crippen LogP contribution in [0.1, 0.15) is 23.1 Å². The van der Waals surface area contributed by atoms with E-state index in [1.165, 1.54) is 6.07 Å². The summed E-state index contributed by atoms with van der Waals surface area (Å²) < 4.78 is 25.3. The molecular weight excluding hydrogens is 369 g/mol. The topological polar surface area (TPSA) is 59.4 Å². The molecule has 1 N–H and O–H groups in total. The predicted octanol–water partition coefficient (Wildman–Crippen LogP) is 4.98. The smallest absolute Gasteiger partial charge is 0.130 e. The second-order valence-corrected chi connectivity index (χ2v) is 6.52. The van der Waals surface area contributed by atoms with E-state index in [9.17, 15) is 9.18 Å². The molecule has 29 heavy (non-hydrogen) atoms. The van der Waals surface area contributed by atoms with Gasteiger partial charge in [-0.2, -0.15) is 0 Å². The predicted molar refractivity (Wildman–Crippen MR) is 110 cm³/mol. The first-order valence-electron chi connectivity index (χ1n) is 9.35. The average Bonchev–Trinajstić information content (AvgIpc) is 2.76. The van der Waals surface area contributed by atoms with Crippen LogP contribution in [0.5, 0.6) is 11.5 Å². The molecule has 3 rings (SSSR count). The van der Waals surface area contributed by atoms with Crippen molar-refractivity contribution in [1.29, 1.82) is 5.41 Å². The molecule has 0 amide bonds. The van der Waals surface area contributed by atoms with Crippen LogP contribution < -0.4 is 9.47 Å². The Labute approximate surface area is 169 Å². The number of ether oxygens (including phenoxy) is 2. The molecule has 0 atom stereocenters. The first kappa shape index (κ1) is 20.3. The molecule has 0 fully saturated rings. The highest BCUT2D eigenvalue weighted by Gasteiger charge is 2.06. The van der Waals surface area contributed by atoms with Crippen LogP contribution in [0.15, 0.2) is 72.8 Å². The lowest BCUT2D eigenvalue weighted by atomic mass is 10.1. The first-order chi connectivity index (χ1) is 14.2. The Morgan fingerprint density at radius 3 is 2.34 bits per heavy atom. The molecule has 0 saturated heterocycles. The van der Waals surface area contributed by atoms with E-state index in [1.807, 2.05) is 54.6 Å². The Morgan fingerprint density at radius 2 is 1.66 bits per heavy atom. The molecule has 0 heterocycles. The molecular formula is C24H22FNO3. The minimum absolute atomic E-state index is 0.190. The Balaban J connectivity index is 1.50. The van der Waals surface area contributed by atoms with Gasteiger partial charge in [0, 0.05) is 12.5 Å². The lowest BCUT2D eigenvalue weighted by Gasteiger charge is -2.10. The third-order valence-corrected chi connectivity index (χ3v) is 4.39. The van der Waals surface area contributed by atoms with Gasteiger partial charge in [-0.1, -0.05) is 48.5 Å². The quantitative estimate of drug-likeness (QED) is 0.392. The summed E-state index contributed by atoms with van der Waals surface area (Å²) in [4.78, 5) is 10.4. The van der Waals surface area contributed by atoms with Crippen LogP contribution in [0.3, 0.4) is 0 Å². The van der Waals surface area contributed by atoms with Gasteiger partial charge in [-0.25, -0.2) is 4.39 Å². The molecule has 3 aromatic carbocycles. The number of nitrogens with one attached hydrogen (secondary N) is 1. The van der Waals surface area contributed by atoms with Crippen LogP contribution in [-0.4, -0.2) is 18.6 Å². The van der Waals surface area contributed by atoms with E-state index in [0.29, 0.717) is 42.2 Å². The van der Waals surface area contributed by atoms with E-state index in [4.69, 9.17) is 14.9 Å². The van der Waals surface area contributed by atoms with Crippen molar-refractivity contribution >= 4 is 12.0 Å². The number of aldehydes is 1. The highest BCUT2D eigenvalue weighted by Crippen LogP contribution is 2.20. The van der Waals surface area contributed by atoms with Gasteiger partial charge in [0.15, 0.2) is 0 Å². The lowest BCUT2D eigenvalue weighted by Crippen LogP contribution is -2.11. The van der Waals surface area contributed by atoms with Gasteiger partial charge in [0.2, 0.25) is 0 Å². The van der Waals surface area contributed by atoms with Crippen LogP contribution in [0.25, 0.3) is 0 Å². The molecule has 0 aliphatic carbocycles. The highest BCUT2D eigenvalue weighted by atomic mass is 19.1. The Bertz CT molecular complexity index is 956. The van der Waals surface area contributed by atoms with Gasteiger partial charge >= 0.3 is 0 Å². The molecule has 3 aromatic rings. The molecule has 0 aliphatic heterocycles. The van der Waals surface area contributed by atoms with Crippen LogP contribution in [0, 0.1) is 11.2 Å². The minimum atomic E-state index is -0.367. The summed E-state index contributed by atoms with van der Waals surface area (Å²) in [5.74, 6) is 0.739. The lowest BCUT2D eigenvalue weighted by molar-refractivity contribution is -0.107. The maximum Gasteiger partial charge on any atom is 0.130 e. The van der Waals surface area contributed by atoms with Crippen LogP contribution in [0.4, 0.5) is 4.39 Å². The molecule has 148 valence electrons. The van der Waals surface area contributed by atoms with Crippen molar-refractivity contribution in [3.05, 3.63) is 95.3 Å². The summed E-state index contributed by atoms with van der Waals surface area (Å²) in [6.07, 6.45) is 1.47. The van der Waals surface area contributed by atoms with E-state index in [0.717, 1.165) is 17.4 Å². The number of rotatable bonds is 10. The summed E-state index contributed by atoms with van der Waals surface area (Å²) in [6.45, 7) is 0.489. The monoisotopic (exact) mass is 391 g/mol. The first-order valence-corrected chi connectivity index (χ1v) is 9.35. The van der Waals surface area contributed by atoms with Crippen molar-refractivity contribution in [1.82, 2.24) is 0 Å². The van der Waals surface area contributed by atoms with E-state index in [1.54, 1.807) is 12.1 Å². The SMILES string of the molecule is N=C(COc1ccc(COc2ccc(CCC=O)c(F)c2)cc1)c1ccccc1. The Morgan fingerprint density at radius 1 is 0.931 bits per heavy atom. The minimum Gasteiger partial charge on any atom is -0.489 e. The summed E-state index contributed by atoms with van der Waals surface area (Å²) in [6, 6.07) is 21.5. The number of carbonyl (C=O) groups is 1. The fourth-order valence-corrected chi connectivity index (χ4v) is 2.76. The zero-order valence-electron chi connectivity index (χ0n) is 15.9. The van der Waals surface area contributed by atoms with E-state index >= 15 is 0 Å². The molecule has 0 saturated carbocycles.